The molecule has 0 bridgehead atoms. The van der Waals surface area contributed by atoms with Crippen LogP contribution in [0.4, 0.5) is 0 Å². The van der Waals surface area contributed by atoms with Crippen LogP contribution in [0.1, 0.15) is 44.0 Å². The topological polar surface area (TPSA) is 167 Å². The zero-order valence-corrected chi connectivity index (χ0v) is 21.2. The molecule has 3 aromatic rings. The molecule has 2 atom stereocenters. The molecule has 1 aromatic carbocycles. The van der Waals surface area contributed by atoms with Crippen LogP contribution in [0.15, 0.2) is 22.7 Å². The van der Waals surface area contributed by atoms with Crippen LogP contribution in [0.25, 0.3) is 23.0 Å². The third-order valence-corrected chi connectivity index (χ3v) is 5.44. The Morgan fingerprint density at radius 1 is 1.17 bits per heavy atom. The minimum absolute atomic E-state index is 0.0991. The van der Waals surface area contributed by atoms with E-state index in [0.717, 1.165) is 28.8 Å². The van der Waals surface area contributed by atoms with E-state index < -0.39 is 18.1 Å². The van der Waals surface area contributed by atoms with Crippen LogP contribution < -0.4 is 15.2 Å². The third kappa shape index (κ3) is 6.76. The highest BCUT2D eigenvalue weighted by Crippen LogP contribution is 2.31. The first-order chi connectivity index (χ1) is 17.1. The first kappa shape index (κ1) is 27.0. The predicted molar refractivity (Wildman–Crippen MR) is 131 cm³/mol. The lowest BCUT2D eigenvalue weighted by atomic mass is 10.0. The van der Waals surface area contributed by atoms with Crippen molar-refractivity contribution in [1.29, 1.82) is 0 Å². The number of hydrogen-bond acceptors (Lipinski definition) is 10. The van der Waals surface area contributed by atoms with E-state index in [1.54, 1.807) is 0 Å². The molecule has 1 amide bonds. The lowest BCUT2D eigenvalue weighted by Gasteiger charge is -2.18. The smallest absolute Gasteiger partial charge is 0.317 e. The standard InChI is InChI=1S/C25H33N5O6/c1-6-15-9-16(8-14(4)21(15)35-12-18(31)11-20(32)22(26)33)23-29-24(36-30-23)19-10-17(7-13(2)3)27-25(28-19)34-5/h8-10,13,18,20,31-32H,6-7,11-12H2,1-5H3,(H2,26,33)/t18-,20?/m0/s1. The number of ether oxygens (including phenoxy) is 2. The highest BCUT2D eigenvalue weighted by Gasteiger charge is 2.20. The van der Waals surface area contributed by atoms with Gasteiger partial charge in [-0.15, -0.1) is 0 Å². The number of amides is 1. The molecule has 0 aliphatic rings. The van der Waals surface area contributed by atoms with Crippen molar-refractivity contribution in [3.05, 3.63) is 35.0 Å². The second-order valence-corrected chi connectivity index (χ2v) is 9.01. The quantitative estimate of drug-likeness (QED) is 0.336. The van der Waals surface area contributed by atoms with E-state index in [2.05, 4.69) is 34.0 Å². The second kappa shape index (κ2) is 11.9. The number of methoxy groups -OCH3 is 1. The summed E-state index contributed by atoms with van der Waals surface area (Å²) in [5.41, 5.74) is 8.76. The molecule has 11 heteroatoms. The fourth-order valence-electron chi connectivity index (χ4n) is 3.71. The summed E-state index contributed by atoms with van der Waals surface area (Å²) in [5.74, 6) is 0.766. The molecular formula is C25H33N5O6. The molecule has 0 radical (unpaired) electrons. The molecule has 3 rings (SSSR count). The van der Waals surface area contributed by atoms with Crippen molar-refractivity contribution in [3.63, 3.8) is 0 Å². The minimum atomic E-state index is -1.43. The molecule has 4 N–H and O–H groups in total. The normalized spacial score (nSPS) is 13.0. The number of aliphatic hydroxyl groups excluding tert-OH is 2. The summed E-state index contributed by atoms with van der Waals surface area (Å²) in [6, 6.07) is 5.81. The lowest BCUT2D eigenvalue weighted by Crippen LogP contribution is -2.33. The van der Waals surface area contributed by atoms with Crippen molar-refractivity contribution >= 4 is 5.91 Å². The predicted octanol–water partition coefficient (Wildman–Crippen LogP) is 2.25. The van der Waals surface area contributed by atoms with Crippen molar-refractivity contribution in [2.24, 2.45) is 11.7 Å². The van der Waals surface area contributed by atoms with Gasteiger partial charge in [0.1, 0.15) is 24.2 Å². The van der Waals surface area contributed by atoms with Gasteiger partial charge in [0.05, 0.1) is 13.2 Å². The molecule has 0 aliphatic heterocycles. The number of hydrogen-bond donors (Lipinski definition) is 3. The number of carbonyl (C=O) groups excluding carboxylic acids is 1. The Morgan fingerprint density at radius 2 is 1.92 bits per heavy atom. The number of carbonyl (C=O) groups is 1. The van der Waals surface area contributed by atoms with Crippen LogP contribution in [0.5, 0.6) is 11.8 Å². The number of aromatic nitrogens is 4. The van der Waals surface area contributed by atoms with E-state index in [-0.39, 0.29) is 24.9 Å². The largest absolute Gasteiger partial charge is 0.490 e. The number of nitrogens with zero attached hydrogens (tertiary/aromatic N) is 4. The van der Waals surface area contributed by atoms with Gasteiger partial charge < -0.3 is 29.9 Å². The Hall–Kier alpha value is -3.57. The van der Waals surface area contributed by atoms with Gasteiger partial charge in [-0.3, -0.25) is 4.79 Å². The van der Waals surface area contributed by atoms with Gasteiger partial charge in [0, 0.05) is 17.7 Å². The average molecular weight is 500 g/mol. The van der Waals surface area contributed by atoms with Gasteiger partial charge in [-0.05, 0) is 55.0 Å². The summed E-state index contributed by atoms with van der Waals surface area (Å²) in [5, 5.41) is 23.8. The SMILES string of the molecule is CCc1cc(-c2noc(-c3cc(CC(C)C)nc(OC)n3)n2)cc(C)c1OC[C@@H](O)CC(O)C(N)=O. The third-order valence-electron chi connectivity index (χ3n) is 5.44. The molecule has 0 fully saturated rings. The van der Waals surface area contributed by atoms with Gasteiger partial charge in [0.25, 0.3) is 5.89 Å². The summed E-state index contributed by atoms with van der Waals surface area (Å²) in [7, 11) is 1.51. The zero-order chi connectivity index (χ0) is 26.4. The van der Waals surface area contributed by atoms with Crippen molar-refractivity contribution in [3.8, 4) is 34.7 Å². The molecule has 0 spiro atoms. The highest BCUT2D eigenvalue weighted by molar-refractivity contribution is 5.78. The van der Waals surface area contributed by atoms with E-state index in [9.17, 15) is 15.0 Å². The molecular weight excluding hydrogens is 466 g/mol. The molecule has 11 nitrogen and oxygen atoms in total. The maximum atomic E-state index is 11.0. The molecule has 0 saturated carbocycles. The molecule has 0 saturated heterocycles. The Morgan fingerprint density at radius 3 is 2.56 bits per heavy atom. The number of aliphatic hydroxyl groups is 2. The van der Waals surface area contributed by atoms with Crippen molar-refractivity contribution < 1.29 is 29.0 Å². The number of benzene rings is 1. The van der Waals surface area contributed by atoms with Gasteiger partial charge in [0.2, 0.25) is 11.7 Å². The van der Waals surface area contributed by atoms with Crippen LogP contribution in [0.3, 0.4) is 0 Å². The van der Waals surface area contributed by atoms with Gasteiger partial charge in [-0.2, -0.15) is 9.97 Å². The van der Waals surface area contributed by atoms with Crippen molar-refractivity contribution in [2.45, 2.75) is 59.2 Å². The fourth-order valence-corrected chi connectivity index (χ4v) is 3.71. The van der Waals surface area contributed by atoms with Crippen molar-refractivity contribution in [1.82, 2.24) is 20.1 Å². The lowest BCUT2D eigenvalue weighted by molar-refractivity contribution is -0.127. The van der Waals surface area contributed by atoms with Gasteiger partial charge >= 0.3 is 6.01 Å². The van der Waals surface area contributed by atoms with Crippen LogP contribution in [-0.2, 0) is 17.6 Å². The summed E-state index contributed by atoms with van der Waals surface area (Å²) >= 11 is 0. The number of nitrogens with two attached hydrogens (primary N) is 1. The van der Waals surface area contributed by atoms with E-state index in [1.807, 2.05) is 32.0 Å². The molecule has 36 heavy (non-hydrogen) atoms. The first-order valence-corrected chi connectivity index (χ1v) is 11.8. The molecule has 1 unspecified atom stereocenters. The van der Waals surface area contributed by atoms with Crippen LogP contribution in [-0.4, -0.2) is 62.2 Å². The average Bonchev–Trinajstić information content (AvgIpc) is 3.32. The number of rotatable bonds is 12. The van der Waals surface area contributed by atoms with Gasteiger partial charge in [-0.1, -0.05) is 25.9 Å². The maximum Gasteiger partial charge on any atom is 0.317 e. The van der Waals surface area contributed by atoms with E-state index in [1.165, 1.54) is 7.11 Å². The molecule has 194 valence electrons. The maximum absolute atomic E-state index is 11.0. The van der Waals surface area contributed by atoms with Gasteiger partial charge in [0.15, 0.2) is 0 Å². The Labute approximate surface area is 209 Å². The number of aryl methyl sites for hydroxylation is 2. The molecule has 0 aliphatic carbocycles. The van der Waals surface area contributed by atoms with E-state index >= 15 is 0 Å². The highest BCUT2D eigenvalue weighted by atomic mass is 16.5. The van der Waals surface area contributed by atoms with E-state index in [0.29, 0.717) is 29.6 Å². The van der Waals surface area contributed by atoms with Crippen LogP contribution in [0, 0.1) is 12.8 Å². The fraction of sp³-hybridized carbons (Fsp3) is 0.480. The summed E-state index contributed by atoms with van der Waals surface area (Å²) in [6.45, 7) is 7.95. The second-order valence-electron chi connectivity index (χ2n) is 9.01. The monoisotopic (exact) mass is 499 g/mol. The van der Waals surface area contributed by atoms with Crippen LogP contribution in [0.2, 0.25) is 0 Å². The summed E-state index contributed by atoms with van der Waals surface area (Å²) < 4.78 is 16.6. The Balaban J connectivity index is 1.83. The zero-order valence-electron chi connectivity index (χ0n) is 21.2. The van der Waals surface area contributed by atoms with Crippen LogP contribution >= 0.6 is 0 Å². The Kier molecular flexibility index (Phi) is 8.94. The molecule has 2 heterocycles. The summed E-state index contributed by atoms with van der Waals surface area (Å²) in [6.07, 6.45) is -1.28. The number of primary amides is 1. The van der Waals surface area contributed by atoms with Crippen molar-refractivity contribution in [2.75, 3.05) is 13.7 Å². The van der Waals surface area contributed by atoms with E-state index in [4.69, 9.17) is 19.7 Å². The molecule has 2 aromatic heterocycles. The first-order valence-electron chi connectivity index (χ1n) is 11.8. The van der Waals surface area contributed by atoms with Gasteiger partial charge in [-0.25, -0.2) is 4.98 Å². The minimum Gasteiger partial charge on any atom is -0.490 e. The summed E-state index contributed by atoms with van der Waals surface area (Å²) in [4.78, 5) is 24.3. The Bertz CT molecular complexity index is 1200.